The molecular formula is C15H24N4O2. The summed E-state index contributed by atoms with van der Waals surface area (Å²) in [7, 11) is 1.34. The number of pyridine rings is 1. The van der Waals surface area contributed by atoms with Gasteiger partial charge in [-0.1, -0.05) is 6.42 Å². The lowest BCUT2D eigenvalue weighted by Gasteiger charge is -2.29. The SMILES string of the molecule is COC(=O)c1cc(NC(C)CN2CCCCC2)ncc1N. The van der Waals surface area contributed by atoms with Crippen LogP contribution in [0.4, 0.5) is 11.5 Å². The highest BCUT2D eigenvalue weighted by atomic mass is 16.5. The predicted octanol–water partition coefficient (Wildman–Crippen LogP) is 1.74. The zero-order valence-corrected chi connectivity index (χ0v) is 12.8. The van der Waals surface area contributed by atoms with E-state index >= 15 is 0 Å². The molecule has 2 heterocycles. The Morgan fingerprint density at radius 2 is 2.19 bits per heavy atom. The molecule has 1 fully saturated rings. The molecule has 0 bridgehead atoms. The molecule has 0 spiro atoms. The zero-order chi connectivity index (χ0) is 15.2. The lowest BCUT2D eigenvalue weighted by molar-refractivity contribution is 0.0602. The van der Waals surface area contributed by atoms with E-state index in [1.54, 1.807) is 6.07 Å². The molecule has 21 heavy (non-hydrogen) atoms. The molecule has 2 rings (SSSR count). The zero-order valence-electron chi connectivity index (χ0n) is 12.8. The maximum absolute atomic E-state index is 11.6. The van der Waals surface area contributed by atoms with E-state index in [4.69, 9.17) is 10.5 Å². The Balaban J connectivity index is 1.96. The number of nitrogens with one attached hydrogen (secondary N) is 1. The third-order valence-corrected chi connectivity index (χ3v) is 3.72. The Labute approximate surface area is 125 Å². The van der Waals surface area contributed by atoms with Crippen molar-refractivity contribution in [2.45, 2.75) is 32.2 Å². The third-order valence-electron chi connectivity index (χ3n) is 3.72. The number of ether oxygens (including phenoxy) is 1. The monoisotopic (exact) mass is 292 g/mol. The number of aromatic nitrogens is 1. The van der Waals surface area contributed by atoms with Gasteiger partial charge >= 0.3 is 5.97 Å². The molecule has 0 amide bonds. The lowest BCUT2D eigenvalue weighted by Crippen LogP contribution is -2.38. The molecule has 0 aromatic carbocycles. The van der Waals surface area contributed by atoms with Crippen molar-refractivity contribution < 1.29 is 9.53 Å². The first kappa shape index (κ1) is 15.6. The highest BCUT2D eigenvalue weighted by molar-refractivity contribution is 5.95. The molecule has 3 N–H and O–H groups in total. The summed E-state index contributed by atoms with van der Waals surface area (Å²) < 4.78 is 4.72. The summed E-state index contributed by atoms with van der Waals surface area (Å²) in [6.07, 6.45) is 5.38. The molecule has 1 atom stereocenters. The number of nitrogens with zero attached hydrogens (tertiary/aromatic N) is 2. The number of esters is 1. The molecule has 6 heteroatoms. The summed E-state index contributed by atoms with van der Waals surface area (Å²) in [5, 5.41) is 3.32. The maximum Gasteiger partial charge on any atom is 0.340 e. The molecule has 1 aliphatic heterocycles. The van der Waals surface area contributed by atoms with Gasteiger partial charge in [0, 0.05) is 12.6 Å². The van der Waals surface area contributed by atoms with Gasteiger partial charge in [0.05, 0.1) is 24.6 Å². The largest absolute Gasteiger partial charge is 0.465 e. The molecule has 1 aliphatic rings. The second kappa shape index (κ2) is 7.26. The van der Waals surface area contributed by atoms with Crippen molar-refractivity contribution in [3.05, 3.63) is 17.8 Å². The minimum absolute atomic E-state index is 0.254. The van der Waals surface area contributed by atoms with Crippen LogP contribution in [0.5, 0.6) is 0 Å². The fourth-order valence-electron chi connectivity index (χ4n) is 2.66. The van der Waals surface area contributed by atoms with Gasteiger partial charge in [0.1, 0.15) is 5.82 Å². The quantitative estimate of drug-likeness (QED) is 0.805. The number of methoxy groups -OCH3 is 1. The van der Waals surface area contributed by atoms with Gasteiger partial charge in [-0.2, -0.15) is 0 Å². The average Bonchev–Trinajstić information content (AvgIpc) is 2.49. The van der Waals surface area contributed by atoms with Crippen molar-refractivity contribution in [1.82, 2.24) is 9.88 Å². The first-order chi connectivity index (χ1) is 10.1. The van der Waals surface area contributed by atoms with Crippen LogP contribution < -0.4 is 11.1 Å². The fraction of sp³-hybridized carbons (Fsp3) is 0.600. The number of hydrogen-bond donors (Lipinski definition) is 2. The van der Waals surface area contributed by atoms with Crippen molar-refractivity contribution in [2.75, 3.05) is 37.8 Å². The number of likely N-dealkylation sites (tertiary alicyclic amines) is 1. The topological polar surface area (TPSA) is 80.5 Å². The number of hydrogen-bond acceptors (Lipinski definition) is 6. The molecular weight excluding hydrogens is 268 g/mol. The molecule has 1 aromatic heterocycles. The summed E-state index contributed by atoms with van der Waals surface area (Å²) in [5.74, 6) is 0.204. The molecule has 0 saturated carbocycles. The Bertz CT molecular complexity index is 487. The number of nitrogens with two attached hydrogens (primary N) is 1. The van der Waals surface area contributed by atoms with E-state index in [1.165, 1.54) is 32.6 Å². The van der Waals surface area contributed by atoms with Crippen molar-refractivity contribution >= 4 is 17.5 Å². The summed E-state index contributed by atoms with van der Waals surface area (Å²) in [5.41, 5.74) is 6.42. The molecule has 1 unspecified atom stereocenters. The third kappa shape index (κ3) is 4.32. The molecule has 1 saturated heterocycles. The second-order valence-electron chi connectivity index (χ2n) is 5.56. The van der Waals surface area contributed by atoms with E-state index < -0.39 is 5.97 Å². The minimum Gasteiger partial charge on any atom is -0.465 e. The van der Waals surface area contributed by atoms with Gasteiger partial charge in [-0.25, -0.2) is 9.78 Å². The number of carbonyl (C=O) groups is 1. The van der Waals surface area contributed by atoms with Crippen molar-refractivity contribution in [3.8, 4) is 0 Å². The van der Waals surface area contributed by atoms with Crippen LogP contribution in [0.15, 0.2) is 12.3 Å². The predicted molar refractivity (Wildman–Crippen MR) is 83.4 cm³/mol. The highest BCUT2D eigenvalue weighted by Gasteiger charge is 2.15. The normalized spacial score (nSPS) is 17.2. The number of piperidine rings is 1. The van der Waals surface area contributed by atoms with E-state index in [-0.39, 0.29) is 6.04 Å². The second-order valence-corrected chi connectivity index (χ2v) is 5.56. The van der Waals surface area contributed by atoms with Crippen LogP contribution >= 0.6 is 0 Å². The summed E-state index contributed by atoms with van der Waals surface area (Å²) >= 11 is 0. The summed E-state index contributed by atoms with van der Waals surface area (Å²) in [6, 6.07) is 1.90. The van der Waals surface area contributed by atoms with E-state index in [9.17, 15) is 4.79 Å². The standard InChI is InChI=1S/C15H24N4O2/c1-11(10-19-6-4-3-5-7-19)18-14-8-12(15(20)21-2)13(16)9-17-14/h8-9,11H,3-7,10,16H2,1-2H3,(H,17,18). The van der Waals surface area contributed by atoms with Crippen LogP contribution in [0.2, 0.25) is 0 Å². The molecule has 0 aliphatic carbocycles. The van der Waals surface area contributed by atoms with Gasteiger partial charge in [-0.05, 0) is 38.9 Å². The van der Waals surface area contributed by atoms with E-state index in [2.05, 4.69) is 22.1 Å². The Morgan fingerprint density at radius 3 is 2.86 bits per heavy atom. The van der Waals surface area contributed by atoms with Crippen molar-refractivity contribution in [2.24, 2.45) is 0 Å². The van der Waals surface area contributed by atoms with Crippen LogP contribution in [0.1, 0.15) is 36.5 Å². The maximum atomic E-state index is 11.6. The van der Waals surface area contributed by atoms with Gasteiger partial charge in [-0.3, -0.25) is 0 Å². The number of nitrogen functional groups attached to an aromatic ring is 1. The molecule has 0 radical (unpaired) electrons. The summed E-state index contributed by atoms with van der Waals surface area (Å²) in [4.78, 5) is 18.3. The number of rotatable bonds is 5. The Morgan fingerprint density at radius 1 is 1.48 bits per heavy atom. The molecule has 116 valence electrons. The van der Waals surface area contributed by atoms with Crippen LogP contribution in [0, 0.1) is 0 Å². The van der Waals surface area contributed by atoms with Gasteiger partial charge in [0.25, 0.3) is 0 Å². The summed E-state index contributed by atoms with van der Waals surface area (Å²) in [6.45, 7) is 5.41. The minimum atomic E-state index is -0.443. The van der Waals surface area contributed by atoms with E-state index in [0.29, 0.717) is 17.1 Å². The van der Waals surface area contributed by atoms with Crippen LogP contribution in [0.3, 0.4) is 0 Å². The van der Waals surface area contributed by atoms with Crippen LogP contribution in [-0.2, 0) is 4.74 Å². The number of carbonyl (C=O) groups excluding carboxylic acids is 1. The van der Waals surface area contributed by atoms with Crippen LogP contribution in [0.25, 0.3) is 0 Å². The smallest absolute Gasteiger partial charge is 0.340 e. The van der Waals surface area contributed by atoms with E-state index in [1.807, 2.05) is 0 Å². The Kier molecular flexibility index (Phi) is 5.38. The number of anilines is 2. The van der Waals surface area contributed by atoms with Gasteiger partial charge in [-0.15, -0.1) is 0 Å². The van der Waals surface area contributed by atoms with Gasteiger partial charge in [0.2, 0.25) is 0 Å². The molecule has 1 aromatic rings. The fourth-order valence-corrected chi connectivity index (χ4v) is 2.66. The van der Waals surface area contributed by atoms with Crippen LogP contribution in [-0.4, -0.2) is 48.6 Å². The lowest BCUT2D eigenvalue weighted by atomic mass is 10.1. The van der Waals surface area contributed by atoms with E-state index in [0.717, 1.165) is 19.6 Å². The molecule has 6 nitrogen and oxygen atoms in total. The van der Waals surface area contributed by atoms with Gasteiger partial charge < -0.3 is 20.7 Å². The average molecular weight is 292 g/mol. The highest BCUT2D eigenvalue weighted by Crippen LogP contribution is 2.17. The first-order valence-electron chi connectivity index (χ1n) is 7.43. The van der Waals surface area contributed by atoms with Crippen molar-refractivity contribution in [1.29, 1.82) is 0 Å². The first-order valence-corrected chi connectivity index (χ1v) is 7.43. The van der Waals surface area contributed by atoms with Crippen molar-refractivity contribution in [3.63, 3.8) is 0 Å². The Hall–Kier alpha value is -1.82. The van der Waals surface area contributed by atoms with Gasteiger partial charge in [0.15, 0.2) is 0 Å².